The number of phenols is 2. The van der Waals surface area contributed by atoms with Gasteiger partial charge in [0.25, 0.3) is 0 Å². The van der Waals surface area contributed by atoms with Gasteiger partial charge in [0.1, 0.15) is 11.5 Å². The van der Waals surface area contributed by atoms with Crippen molar-refractivity contribution in [2.75, 3.05) is 0 Å². The van der Waals surface area contributed by atoms with Crippen LogP contribution in [-0.2, 0) is 0 Å². The Kier molecular flexibility index (Phi) is 5.32. The highest BCUT2D eigenvalue weighted by atomic mass is 16.3. The number of hydrogen-bond donors (Lipinski definition) is 2. The van der Waals surface area contributed by atoms with Crippen molar-refractivity contribution in [2.45, 2.75) is 26.7 Å². The molecule has 0 amide bonds. The van der Waals surface area contributed by atoms with Gasteiger partial charge < -0.3 is 10.2 Å². The first-order valence-electron chi connectivity index (χ1n) is 9.14. The molecule has 0 aliphatic carbocycles. The molecule has 0 aromatic heterocycles. The van der Waals surface area contributed by atoms with E-state index in [0.29, 0.717) is 17.6 Å². The molecular weight excluding hydrogens is 320 g/mol. The molecule has 2 atom stereocenters. The molecule has 0 fully saturated rings. The summed E-state index contributed by atoms with van der Waals surface area (Å²) in [5, 5.41) is 19.1. The summed E-state index contributed by atoms with van der Waals surface area (Å²) >= 11 is 0. The zero-order valence-corrected chi connectivity index (χ0v) is 15.6. The lowest BCUT2D eigenvalue weighted by Crippen LogP contribution is -2.16. The van der Waals surface area contributed by atoms with E-state index < -0.39 is 0 Å². The molecule has 0 heterocycles. The highest BCUT2D eigenvalue weighted by molar-refractivity contribution is 5.64. The minimum absolute atomic E-state index is 0.281. The average molecular weight is 346 g/mol. The number of benzene rings is 3. The number of hydrogen-bond acceptors (Lipinski definition) is 2. The molecule has 0 aliphatic heterocycles. The lowest BCUT2D eigenvalue weighted by Gasteiger charge is -2.28. The molecule has 26 heavy (non-hydrogen) atoms. The predicted octanol–water partition coefficient (Wildman–Crippen LogP) is 6.19. The molecule has 3 aromatic rings. The van der Waals surface area contributed by atoms with Gasteiger partial charge >= 0.3 is 0 Å². The van der Waals surface area contributed by atoms with Crippen molar-refractivity contribution in [3.8, 4) is 22.6 Å². The first-order valence-corrected chi connectivity index (χ1v) is 9.14. The Bertz CT molecular complexity index is 831. The maximum Gasteiger partial charge on any atom is 0.115 e. The van der Waals surface area contributed by atoms with Gasteiger partial charge in [-0.3, -0.25) is 0 Å². The van der Waals surface area contributed by atoms with Gasteiger partial charge in [0.15, 0.2) is 0 Å². The van der Waals surface area contributed by atoms with Crippen molar-refractivity contribution < 1.29 is 10.2 Å². The summed E-state index contributed by atoms with van der Waals surface area (Å²) < 4.78 is 0. The largest absolute Gasteiger partial charge is 0.508 e. The van der Waals surface area contributed by atoms with E-state index in [0.717, 1.165) is 11.1 Å². The van der Waals surface area contributed by atoms with Crippen LogP contribution in [0.2, 0.25) is 0 Å². The van der Waals surface area contributed by atoms with Crippen LogP contribution in [0.5, 0.6) is 11.5 Å². The molecule has 3 aromatic carbocycles. The van der Waals surface area contributed by atoms with Gasteiger partial charge in [-0.05, 0) is 58.4 Å². The Hall–Kier alpha value is -2.74. The van der Waals surface area contributed by atoms with Gasteiger partial charge in [-0.25, -0.2) is 0 Å². The minimum atomic E-state index is 0.281. The quantitative estimate of drug-likeness (QED) is 0.578. The molecule has 0 radical (unpaired) electrons. The second-order valence-corrected chi connectivity index (χ2v) is 7.34. The van der Waals surface area contributed by atoms with Crippen molar-refractivity contribution in [2.24, 2.45) is 11.8 Å². The average Bonchev–Trinajstić information content (AvgIpc) is 2.64. The fraction of sp³-hybridized carbons (Fsp3) is 0.250. The van der Waals surface area contributed by atoms with Crippen molar-refractivity contribution >= 4 is 0 Å². The summed E-state index contributed by atoms with van der Waals surface area (Å²) in [6.45, 7) is 6.79. The minimum Gasteiger partial charge on any atom is -0.508 e. The van der Waals surface area contributed by atoms with E-state index in [2.05, 4.69) is 45.0 Å². The molecule has 0 saturated heterocycles. The second-order valence-electron chi connectivity index (χ2n) is 7.34. The molecule has 2 unspecified atom stereocenters. The van der Waals surface area contributed by atoms with Crippen LogP contribution < -0.4 is 0 Å². The normalized spacial score (nSPS) is 13.5. The van der Waals surface area contributed by atoms with Gasteiger partial charge in [-0.15, -0.1) is 0 Å². The van der Waals surface area contributed by atoms with Crippen molar-refractivity contribution in [3.05, 3.63) is 83.9 Å². The lowest BCUT2D eigenvalue weighted by molar-refractivity contribution is 0.377. The van der Waals surface area contributed by atoms with Gasteiger partial charge in [-0.2, -0.15) is 0 Å². The Morgan fingerprint density at radius 2 is 0.885 bits per heavy atom. The van der Waals surface area contributed by atoms with E-state index in [1.165, 1.54) is 11.1 Å². The van der Waals surface area contributed by atoms with Crippen LogP contribution in [0.15, 0.2) is 72.8 Å². The van der Waals surface area contributed by atoms with Gasteiger partial charge in [0.05, 0.1) is 0 Å². The second kappa shape index (κ2) is 7.65. The summed E-state index contributed by atoms with van der Waals surface area (Å²) in [6.07, 6.45) is 0. The maximum atomic E-state index is 9.62. The van der Waals surface area contributed by atoms with E-state index in [1.54, 1.807) is 24.3 Å². The number of rotatable bonds is 5. The zero-order valence-electron chi connectivity index (χ0n) is 15.6. The molecule has 0 spiro atoms. The lowest BCUT2D eigenvalue weighted by atomic mass is 9.76. The molecular formula is C24H26O2. The topological polar surface area (TPSA) is 40.5 Å². The molecule has 0 saturated carbocycles. The van der Waals surface area contributed by atoms with Crippen molar-refractivity contribution in [1.29, 1.82) is 0 Å². The summed E-state index contributed by atoms with van der Waals surface area (Å²) in [5.41, 5.74) is 4.73. The van der Waals surface area contributed by atoms with E-state index in [1.807, 2.05) is 24.3 Å². The van der Waals surface area contributed by atoms with Crippen LogP contribution in [0.4, 0.5) is 0 Å². The first kappa shape index (κ1) is 18.1. The Morgan fingerprint density at radius 3 is 1.31 bits per heavy atom. The van der Waals surface area contributed by atoms with E-state index >= 15 is 0 Å². The summed E-state index contributed by atoms with van der Waals surface area (Å²) in [4.78, 5) is 0. The summed E-state index contributed by atoms with van der Waals surface area (Å²) in [5.74, 6) is 1.88. The van der Waals surface area contributed by atoms with Crippen molar-refractivity contribution in [1.82, 2.24) is 0 Å². The van der Waals surface area contributed by atoms with Gasteiger partial charge in [0.2, 0.25) is 0 Å². The smallest absolute Gasteiger partial charge is 0.115 e. The summed E-state index contributed by atoms with van der Waals surface area (Å²) in [7, 11) is 0. The molecule has 134 valence electrons. The SMILES string of the molecule is CC(C)C(C)C(c1ccc(O)cc1)c1ccc(-c2ccc(O)cc2)cc1. The molecule has 2 heteroatoms. The Labute approximate surface area is 155 Å². The Morgan fingerprint density at radius 1 is 0.538 bits per heavy atom. The van der Waals surface area contributed by atoms with Crippen molar-refractivity contribution in [3.63, 3.8) is 0 Å². The van der Waals surface area contributed by atoms with E-state index in [4.69, 9.17) is 0 Å². The van der Waals surface area contributed by atoms with Crippen LogP contribution >= 0.6 is 0 Å². The van der Waals surface area contributed by atoms with Crippen LogP contribution in [-0.4, -0.2) is 10.2 Å². The van der Waals surface area contributed by atoms with E-state index in [-0.39, 0.29) is 11.7 Å². The molecule has 3 rings (SSSR count). The van der Waals surface area contributed by atoms with Crippen LogP contribution in [0.1, 0.15) is 37.8 Å². The predicted molar refractivity (Wildman–Crippen MR) is 107 cm³/mol. The summed E-state index contributed by atoms with van der Waals surface area (Å²) in [6, 6.07) is 23.5. The van der Waals surface area contributed by atoms with E-state index in [9.17, 15) is 10.2 Å². The molecule has 0 aliphatic rings. The van der Waals surface area contributed by atoms with Gasteiger partial charge in [0, 0.05) is 5.92 Å². The van der Waals surface area contributed by atoms with Crippen LogP contribution in [0, 0.1) is 11.8 Å². The zero-order chi connectivity index (χ0) is 18.7. The highest BCUT2D eigenvalue weighted by Gasteiger charge is 2.24. The third-order valence-electron chi connectivity index (χ3n) is 5.30. The maximum absolute atomic E-state index is 9.62. The third-order valence-corrected chi connectivity index (χ3v) is 5.30. The standard InChI is InChI=1S/C24H26O2/c1-16(2)17(3)24(21-10-14-23(26)15-11-21)20-6-4-18(5-7-20)19-8-12-22(25)13-9-19/h4-17,24-26H,1-3H3. The van der Waals surface area contributed by atoms with Crippen LogP contribution in [0.3, 0.4) is 0 Å². The monoisotopic (exact) mass is 346 g/mol. The first-order chi connectivity index (χ1) is 12.5. The number of aromatic hydroxyl groups is 2. The fourth-order valence-corrected chi connectivity index (χ4v) is 3.40. The fourth-order valence-electron chi connectivity index (χ4n) is 3.40. The van der Waals surface area contributed by atoms with Crippen LogP contribution in [0.25, 0.3) is 11.1 Å². The Balaban J connectivity index is 1.96. The highest BCUT2D eigenvalue weighted by Crippen LogP contribution is 2.37. The molecule has 0 bridgehead atoms. The molecule has 2 N–H and O–H groups in total. The van der Waals surface area contributed by atoms with Gasteiger partial charge in [-0.1, -0.05) is 69.3 Å². The third kappa shape index (κ3) is 3.91. The number of phenolic OH excluding ortho intramolecular Hbond substituents is 2. The molecule has 2 nitrogen and oxygen atoms in total.